The fourth-order valence-corrected chi connectivity index (χ4v) is 4.90. The van der Waals surface area contributed by atoms with Crippen molar-refractivity contribution in [2.24, 2.45) is 0 Å². The lowest BCUT2D eigenvalue weighted by molar-refractivity contribution is -0.877. The molecule has 0 aliphatic rings. The summed E-state index contributed by atoms with van der Waals surface area (Å²) in [4.78, 5) is 0. The maximum Gasteiger partial charge on any atom is 0.125 e. The van der Waals surface area contributed by atoms with Gasteiger partial charge in [0.15, 0.2) is 0 Å². The van der Waals surface area contributed by atoms with Gasteiger partial charge in [-0.3, -0.25) is 0 Å². The Labute approximate surface area is 178 Å². The molecule has 0 bridgehead atoms. The molecule has 0 aliphatic carbocycles. The maximum absolute atomic E-state index is 2.42. The van der Waals surface area contributed by atoms with Crippen molar-refractivity contribution in [3.05, 3.63) is 0 Å². The summed E-state index contributed by atoms with van der Waals surface area (Å²) in [7, 11) is 4.85. The molecular formula is C25H54NS+. The van der Waals surface area contributed by atoms with Crippen LogP contribution in [0, 0.1) is 0 Å². The number of thioether (sulfide) groups is 1. The predicted molar refractivity (Wildman–Crippen MR) is 129 cm³/mol. The highest BCUT2D eigenvalue weighted by Crippen LogP contribution is 2.16. The SMILES string of the molecule is CCCCCCCCCCCCSC[N+](C)(C)CCCCCCCCCC. The first-order chi connectivity index (χ1) is 13.1. The lowest BCUT2D eigenvalue weighted by Gasteiger charge is -2.29. The second kappa shape index (κ2) is 21.0. The van der Waals surface area contributed by atoms with Crippen LogP contribution in [0.25, 0.3) is 0 Å². The van der Waals surface area contributed by atoms with Gasteiger partial charge >= 0.3 is 0 Å². The molecule has 0 heterocycles. The normalized spacial score (nSPS) is 12.0. The van der Waals surface area contributed by atoms with E-state index >= 15 is 0 Å². The molecule has 0 aromatic rings. The van der Waals surface area contributed by atoms with Gasteiger partial charge in [-0.15, -0.1) is 11.8 Å². The van der Waals surface area contributed by atoms with E-state index in [1.165, 1.54) is 138 Å². The Morgan fingerprint density at radius 1 is 0.481 bits per heavy atom. The zero-order chi connectivity index (χ0) is 20.1. The minimum Gasteiger partial charge on any atom is -0.320 e. The highest BCUT2D eigenvalue weighted by molar-refractivity contribution is 7.99. The maximum atomic E-state index is 2.42. The van der Waals surface area contributed by atoms with Crippen molar-refractivity contribution in [2.45, 2.75) is 129 Å². The van der Waals surface area contributed by atoms with Crippen molar-refractivity contribution >= 4 is 11.8 Å². The Hall–Kier alpha value is 0.310. The van der Waals surface area contributed by atoms with Crippen molar-refractivity contribution in [3.8, 4) is 0 Å². The second-order valence-electron chi connectivity index (χ2n) is 9.35. The molecule has 27 heavy (non-hydrogen) atoms. The molecule has 0 radical (unpaired) electrons. The molecule has 0 amide bonds. The van der Waals surface area contributed by atoms with Gasteiger partial charge in [0.1, 0.15) is 5.88 Å². The van der Waals surface area contributed by atoms with Crippen LogP contribution in [0.1, 0.15) is 129 Å². The number of hydrogen-bond donors (Lipinski definition) is 0. The van der Waals surface area contributed by atoms with Gasteiger partial charge in [0.25, 0.3) is 0 Å². The number of unbranched alkanes of at least 4 members (excludes halogenated alkanes) is 16. The van der Waals surface area contributed by atoms with E-state index in [-0.39, 0.29) is 0 Å². The van der Waals surface area contributed by atoms with Gasteiger partial charge in [-0.05, 0) is 25.0 Å². The van der Waals surface area contributed by atoms with Crippen LogP contribution in [-0.4, -0.2) is 36.8 Å². The standard InChI is InChI=1S/C25H54NS/c1-5-7-9-11-13-15-16-18-20-22-24-27-25-26(3,4)23-21-19-17-14-12-10-8-6-2/h5-25H2,1-4H3/q+1. The van der Waals surface area contributed by atoms with Crippen LogP contribution in [0.4, 0.5) is 0 Å². The lowest BCUT2D eigenvalue weighted by Crippen LogP contribution is -2.40. The summed E-state index contributed by atoms with van der Waals surface area (Å²) in [6, 6.07) is 0. The van der Waals surface area contributed by atoms with Crippen LogP contribution in [0.3, 0.4) is 0 Å². The Kier molecular flexibility index (Phi) is 21.3. The van der Waals surface area contributed by atoms with Crippen LogP contribution in [0.2, 0.25) is 0 Å². The molecule has 0 aromatic heterocycles. The van der Waals surface area contributed by atoms with Gasteiger partial charge in [-0.1, -0.05) is 110 Å². The van der Waals surface area contributed by atoms with Crippen molar-refractivity contribution in [2.75, 3.05) is 32.3 Å². The molecular weight excluding hydrogens is 346 g/mol. The summed E-state index contributed by atoms with van der Waals surface area (Å²) in [5.74, 6) is 2.67. The summed E-state index contributed by atoms with van der Waals surface area (Å²) in [6.45, 7) is 5.96. The smallest absolute Gasteiger partial charge is 0.125 e. The monoisotopic (exact) mass is 400 g/mol. The zero-order valence-electron chi connectivity index (χ0n) is 19.7. The van der Waals surface area contributed by atoms with E-state index in [9.17, 15) is 0 Å². The van der Waals surface area contributed by atoms with Crippen molar-refractivity contribution < 1.29 is 4.48 Å². The average molecular weight is 401 g/mol. The Bertz CT molecular complexity index is 277. The third-order valence-corrected chi connectivity index (χ3v) is 7.16. The molecule has 0 aliphatic heterocycles. The Morgan fingerprint density at radius 3 is 1.30 bits per heavy atom. The van der Waals surface area contributed by atoms with Gasteiger partial charge in [-0.2, -0.15) is 0 Å². The van der Waals surface area contributed by atoms with E-state index < -0.39 is 0 Å². The van der Waals surface area contributed by atoms with Crippen LogP contribution >= 0.6 is 11.8 Å². The summed E-state index contributed by atoms with van der Waals surface area (Å²) in [5, 5.41) is 0. The minimum atomic E-state index is 1.21. The van der Waals surface area contributed by atoms with E-state index in [1.807, 2.05) is 0 Å². The van der Waals surface area contributed by atoms with Crippen molar-refractivity contribution in [3.63, 3.8) is 0 Å². The number of hydrogen-bond acceptors (Lipinski definition) is 1. The van der Waals surface area contributed by atoms with E-state index in [1.54, 1.807) is 0 Å². The second-order valence-corrected chi connectivity index (χ2v) is 10.4. The van der Waals surface area contributed by atoms with E-state index in [0.29, 0.717) is 0 Å². The van der Waals surface area contributed by atoms with Gasteiger partial charge in [0, 0.05) is 0 Å². The number of nitrogens with zero attached hydrogens (tertiary/aromatic N) is 1. The highest BCUT2D eigenvalue weighted by atomic mass is 32.2. The van der Waals surface area contributed by atoms with Gasteiger partial charge in [-0.25, -0.2) is 0 Å². The molecule has 0 aromatic carbocycles. The molecule has 0 unspecified atom stereocenters. The first-order valence-corrected chi connectivity index (χ1v) is 13.7. The van der Waals surface area contributed by atoms with E-state index in [0.717, 1.165) is 0 Å². The molecule has 0 saturated carbocycles. The summed E-state index contributed by atoms with van der Waals surface area (Å²) in [6.07, 6.45) is 26.0. The molecule has 164 valence electrons. The van der Waals surface area contributed by atoms with Gasteiger partial charge in [0.05, 0.1) is 20.6 Å². The Balaban J connectivity index is 3.30. The number of quaternary nitrogens is 1. The molecule has 0 rings (SSSR count). The molecule has 0 spiro atoms. The summed E-state index contributed by atoms with van der Waals surface area (Å²) < 4.78 is 1.21. The molecule has 0 fully saturated rings. The largest absolute Gasteiger partial charge is 0.320 e. The fraction of sp³-hybridized carbons (Fsp3) is 1.00. The lowest BCUT2D eigenvalue weighted by atomic mass is 10.1. The molecule has 0 atom stereocenters. The third-order valence-electron chi connectivity index (χ3n) is 5.70. The summed E-state index contributed by atoms with van der Waals surface area (Å²) in [5.41, 5.74) is 0. The van der Waals surface area contributed by atoms with Crippen LogP contribution in [0.5, 0.6) is 0 Å². The van der Waals surface area contributed by atoms with Crippen molar-refractivity contribution in [1.82, 2.24) is 0 Å². The van der Waals surface area contributed by atoms with E-state index in [4.69, 9.17) is 0 Å². The first kappa shape index (κ1) is 27.3. The molecule has 2 heteroatoms. The highest BCUT2D eigenvalue weighted by Gasteiger charge is 2.13. The van der Waals surface area contributed by atoms with Crippen LogP contribution in [-0.2, 0) is 0 Å². The predicted octanol–water partition coefficient (Wildman–Crippen LogP) is 8.82. The van der Waals surface area contributed by atoms with Crippen LogP contribution in [0.15, 0.2) is 0 Å². The fourth-order valence-electron chi connectivity index (χ4n) is 3.74. The third kappa shape index (κ3) is 22.5. The number of rotatable bonds is 22. The molecule has 1 nitrogen and oxygen atoms in total. The quantitative estimate of drug-likeness (QED) is 0.0993. The van der Waals surface area contributed by atoms with Gasteiger partial charge < -0.3 is 4.48 Å². The Morgan fingerprint density at radius 2 is 0.852 bits per heavy atom. The van der Waals surface area contributed by atoms with Gasteiger partial charge in [0.2, 0.25) is 0 Å². The zero-order valence-corrected chi connectivity index (χ0v) is 20.5. The topological polar surface area (TPSA) is 0 Å². The van der Waals surface area contributed by atoms with Crippen LogP contribution < -0.4 is 0 Å². The minimum absolute atomic E-state index is 1.21. The molecule has 0 N–H and O–H groups in total. The van der Waals surface area contributed by atoms with E-state index in [2.05, 4.69) is 39.7 Å². The summed E-state index contributed by atoms with van der Waals surface area (Å²) >= 11 is 2.19. The first-order valence-electron chi connectivity index (χ1n) is 12.5. The average Bonchev–Trinajstić information content (AvgIpc) is 2.64. The molecule has 0 saturated heterocycles. The van der Waals surface area contributed by atoms with Crippen molar-refractivity contribution in [1.29, 1.82) is 0 Å².